The molecule has 0 bridgehead atoms. The van der Waals surface area contributed by atoms with E-state index in [4.69, 9.17) is 5.21 Å². The maximum Gasteiger partial charge on any atom is 0.0362 e. The second-order valence-electron chi connectivity index (χ2n) is 4.39. The summed E-state index contributed by atoms with van der Waals surface area (Å²) in [6.07, 6.45) is 7.64. The highest BCUT2D eigenvalue weighted by Gasteiger charge is 2.33. The van der Waals surface area contributed by atoms with Crippen molar-refractivity contribution in [2.24, 2.45) is 5.92 Å². The summed E-state index contributed by atoms with van der Waals surface area (Å²) >= 11 is 0. The number of hydrogen-bond acceptors (Lipinski definition) is 3. The lowest BCUT2D eigenvalue weighted by Crippen LogP contribution is -2.46. The van der Waals surface area contributed by atoms with Gasteiger partial charge >= 0.3 is 0 Å². The summed E-state index contributed by atoms with van der Waals surface area (Å²) in [4.78, 5) is 0. The molecule has 0 aromatic rings. The Balaban J connectivity index is 1.90. The minimum atomic E-state index is 0.343. The second-order valence-corrected chi connectivity index (χ2v) is 4.39. The van der Waals surface area contributed by atoms with E-state index in [1.807, 2.05) is 0 Å². The summed E-state index contributed by atoms with van der Waals surface area (Å²) in [5.41, 5.74) is 2.47. The highest BCUT2D eigenvalue weighted by atomic mass is 16.5. The Morgan fingerprint density at radius 1 is 1.08 bits per heavy atom. The van der Waals surface area contributed by atoms with Crippen LogP contribution in [0, 0.1) is 5.92 Å². The molecule has 3 nitrogen and oxygen atoms in total. The van der Waals surface area contributed by atoms with Gasteiger partial charge in [0.1, 0.15) is 0 Å². The van der Waals surface area contributed by atoms with Crippen molar-refractivity contribution in [1.29, 1.82) is 0 Å². The molecular weight excluding hydrogens is 164 g/mol. The van der Waals surface area contributed by atoms with Gasteiger partial charge in [-0.2, -0.15) is 0 Å². The Kier molecular flexibility index (Phi) is 3.19. The molecule has 2 fully saturated rings. The zero-order valence-corrected chi connectivity index (χ0v) is 8.13. The number of rotatable bonds is 2. The molecule has 3 heteroatoms. The third-order valence-corrected chi connectivity index (χ3v) is 3.60. The van der Waals surface area contributed by atoms with Crippen molar-refractivity contribution < 1.29 is 5.21 Å². The Bertz CT molecular complexity index is 157. The molecule has 3 atom stereocenters. The van der Waals surface area contributed by atoms with Crippen molar-refractivity contribution in [1.82, 2.24) is 10.8 Å². The normalized spacial score (nSPS) is 40.8. The molecule has 3 unspecified atom stereocenters. The van der Waals surface area contributed by atoms with E-state index < -0.39 is 0 Å². The van der Waals surface area contributed by atoms with Crippen molar-refractivity contribution in [3.63, 3.8) is 0 Å². The maximum atomic E-state index is 8.99. The first-order valence-electron chi connectivity index (χ1n) is 5.55. The van der Waals surface area contributed by atoms with Crippen LogP contribution in [-0.4, -0.2) is 23.8 Å². The van der Waals surface area contributed by atoms with E-state index in [1.54, 1.807) is 0 Å². The van der Waals surface area contributed by atoms with Gasteiger partial charge in [-0.15, -0.1) is 0 Å². The summed E-state index contributed by atoms with van der Waals surface area (Å²) in [6.45, 7) is 1.17. The van der Waals surface area contributed by atoms with Crippen molar-refractivity contribution >= 4 is 0 Å². The molecule has 0 aromatic heterocycles. The fourth-order valence-electron chi connectivity index (χ4n) is 2.87. The van der Waals surface area contributed by atoms with Crippen LogP contribution in [-0.2, 0) is 0 Å². The van der Waals surface area contributed by atoms with Crippen LogP contribution in [0.25, 0.3) is 0 Å². The predicted molar refractivity (Wildman–Crippen MR) is 51.7 cm³/mol. The molecule has 0 amide bonds. The minimum Gasteiger partial charge on any atom is -0.317 e. The van der Waals surface area contributed by atoms with Crippen LogP contribution in [0.2, 0.25) is 0 Å². The number of piperidine rings is 1. The van der Waals surface area contributed by atoms with Gasteiger partial charge in [-0.3, -0.25) is 0 Å². The van der Waals surface area contributed by atoms with Crippen molar-refractivity contribution in [3.8, 4) is 0 Å². The molecule has 1 aliphatic heterocycles. The van der Waals surface area contributed by atoms with E-state index in [0.717, 1.165) is 6.42 Å². The quantitative estimate of drug-likeness (QED) is 0.566. The summed E-state index contributed by atoms with van der Waals surface area (Å²) in [7, 11) is 0. The lowest BCUT2D eigenvalue weighted by molar-refractivity contribution is 0.0932. The molecule has 3 N–H and O–H groups in total. The van der Waals surface area contributed by atoms with E-state index in [2.05, 4.69) is 10.8 Å². The molecule has 13 heavy (non-hydrogen) atoms. The van der Waals surface area contributed by atoms with Gasteiger partial charge in [0.2, 0.25) is 0 Å². The average molecular weight is 184 g/mol. The van der Waals surface area contributed by atoms with E-state index in [-0.39, 0.29) is 0 Å². The summed E-state index contributed by atoms with van der Waals surface area (Å²) < 4.78 is 0. The van der Waals surface area contributed by atoms with Gasteiger partial charge in [-0.25, -0.2) is 5.48 Å². The van der Waals surface area contributed by atoms with Crippen molar-refractivity contribution in [3.05, 3.63) is 0 Å². The van der Waals surface area contributed by atoms with Gasteiger partial charge in [-0.1, -0.05) is 12.8 Å². The first kappa shape index (κ1) is 9.44. The molecule has 1 saturated heterocycles. The molecule has 1 aliphatic carbocycles. The molecular formula is C10H20N2O. The van der Waals surface area contributed by atoms with Crippen LogP contribution in [0.1, 0.15) is 38.5 Å². The third-order valence-electron chi connectivity index (χ3n) is 3.60. The third kappa shape index (κ3) is 2.03. The molecule has 0 aromatic carbocycles. The lowest BCUT2D eigenvalue weighted by atomic mass is 9.89. The van der Waals surface area contributed by atoms with Gasteiger partial charge in [0, 0.05) is 12.1 Å². The van der Waals surface area contributed by atoms with E-state index in [1.165, 1.54) is 38.6 Å². The highest BCUT2D eigenvalue weighted by Crippen LogP contribution is 2.31. The topological polar surface area (TPSA) is 44.3 Å². The molecule has 1 saturated carbocycles. The van der Waals surface area contributed by atoms with Crippen LogP contribution in [0.15, 0.2) is 0 Å². The first-order valence-corrected chi connectivity index (χ1v) is 5.55. The molecule has 76 valence electrons. The highest BCUT2D eigenvalue weighted by molar-refractivity contribution is 4.90. The van der Waals surface area contributed by atoms with Gasteiger partial charge in [0.05, 0.1) is 0 Å². The Labute approximate surface area is 79.9 Å². The van der Waals surface area contributed by atoms with Crippen molar-refractivity contribution in [2.75, 3.05) is 6.54 Å². The minimum absolute atomic E-state index is 0.343. The van der Waals surface area contributed by atoms with E-state index >= 15 is 0 Å². The number of nitrogens with one attached hydrogen (secondary N) is 2. The molecule has 0 spiro atoms. The molecule has 2 aliphatic rings. The predicted octanol–water partition coefficient (Wildman–Crippen LogP) is 1.28. The first-order chi connectivity index (χ1) is 6.42. The van der Waals surface area contributed by atoms with Crippen molar-refractivity contribution in [2.45, 2.75) is 50.6 Å². The average Bonchev–Trinajstić information content (AvgIpc) is 2.67. The SMILES string of the molecule is ONC1CCCC1C1CCCCN1. The fraction of sp³-hybridized carbons (Fsp3) is 1.00. The summed E-state index contributed by atoms with van der Waals surface area (Å²) in [5.74, 6) is 0.658. The zero-order chi connectivity index (χ0) is 9.10. The zero-order valence-electron chi connectivity index (χ0n) is 8.13. The Morgan fingerprint density at radius 3 is 2.69 bits per heavy atom. The Morgan fingerprint density at radius 2 is 2.00 bits per heavy atom. The maximum absolute atomic E-state index is 8.99. The smallest absolute Gasteiger partial charge is 0.0362 e. The number of hydrogen-bond donors (Lipinski definition) is 3. The molecule has 2 rings (SSSR count). The lowest BCUT2D eigenvalue weighted by Gasteiger charge is -2.32. The second kappa shape index (κ2) is 4.40. The van der Waals surface area contributed by atoms with Gasteiger partial charge < -0.3 is 10.5 Å². The van der Waals surface area contributed by atoms with E-state index in [9.17, 15) is 0 Å². The van der Waals surface area contributed by atoms with Crippen LogP contribution < -0.4 is 10.8 Å². The van der Waals surface area contributed by atoms with Gasteiger partial charge in [0.15, 0.2) is 0 Å². The van der Waals surface area contributed by atoms with Gasteiger partial charge in [-0.05, 0) is 38.1 Å². The summed E-state index contributed by atoms with van der Waals surface area (Å²) in [5, 5.41) is 12.6. The fourth-order valence-corrected chi connectivity index (χ4v) is 2.87. The van der Waals surface area contributed by atoms with Crippen LogP contribution in [0.5, 0.6) is 0 Å². The monoisotopic (exact) mass is 184 g/mol. The molecule has 1 heterocycles. The number of hydroxylamine groups is 1. The van der Waals surface area contributed by atoms with Crippen LogP contribution in [0.3, 0.4) is 0 Å². The van der Waals surface area contributed by atoms with Crippen LogP contribution >= 0.6 is 0 Å². The molecule has 0 radical (unpaired) electrons. The Hall–Kier alpha value is -0.120. The largest absolute Gasteiger partial charge is 0.317 e. The van der Waals surface area contributed by atoms with E-state index in [0.29, 0.717) is 18.0 Å². The summed E-state index contributed by atoms with van der Waals surface area (Å²) in [6, 6.07) is 0.997. The van der Waals surface area contributed by atoms with Crippen LogP contribution in [0.4, 0.5) is 0 Å². The van der Waals surface area contributed by atoms with Gasteiger partial charge in [0.25, 0.3) is 0 Å². The standard InChI is InChI=1S/C10H20N2O/c13-12-10-6-3-4-8(10)9-5-1-2-7-11-9/h8-13H,1-7H2.